The highest BCUT2D eigenvalue weighted by Crippen LogP contribution is 2.36. The summed E-state index contributed by atoms with van der Waals surface area (Å²) in [6, 6.07) is 9.14. The van der Waals surface area contributed by atoms with E-state index in [2.05, 4.69) is 0 Å². The number of carbonyl (C=O) groups excluding carboxylic acids is 2. The number of nitrogens with two attached hydrogens (primary N) is 1. The average molecular weight is 447 g/mol. The van der Waals surface area contributed by atoms with Gasteiger partial charge in [0.15, 0.2) is 0 Å². The minimum absolute atomic E-state index is 0.0710. The number of phenolic OH excluding ortho intramolecular Hbond substituents is 1. The first-order valence-corrected chi connectivity index (χ1v) is 10.6. The summed E-state index contributed by atoms with van der Waals surface area (Å²) >= 11 is 6.33. The maximum atomic E-state index is 13.0. The van der Waals surface area contributed by atoms with Gasteiger partial charge in [-0.2, -0.15) is 0 Å². The summed E-state index contributed by atoms with van der Waals surface area (Å²) in [7, 11) is 0. The van der Waals surface area contributed by atoms with Crippen LogP contribution in [0.5, 0.6) is 11.5 Å². The summed E-state index contributed by atoms with van der Waals surface area (Å²) in [4.78, 5) is 26.3. The number of ether oxygens (including phenoxy) is 2. The molecule has 0 aliphatic carbocycles. The van der Waals surface area contributed by atoms with Crippen LogP contribution in [0.4, 0.5) is 10.5 Å². The fourth-order valence-corrected chi connectivity index (χ4v) is 3.74. The van der Waals surface area contributed by atoms with Crippen LogP contribution >= 0.6 is 11.6 Å². The van der Waals surface area contributed by atoms with Crippen molar-refractivity contribution in [2.45, 2.75) is 39.2 Å². The topological polar surface area (TPSA) is 102 Å². The number of halogens is 1. The molecule has 7 nitrogen and oxygen atoms in total. The van der Waals surface area contributed by atoms with Gasteiger partial charge in [-0.3, -0.25) is 4.79 Å². The molecule has 8 heteroatoms. The number of para-hydroxylation sites is 1. The first-order chi connectivity index (χ1) is 14.8. The SMILES string of the molecule is CC(C)COC(=O)Oc1ccc(C[C@H](N)C(=O)N2CCCc3cccc(O)c32)c(Cl)c1. The first-order valence-electron chi connectivity index (χ1n) is 10.3. The Morgan fingerprint density at radius 1 is 1.26 bits per heavy atom. The fourth-order valence-electron chi connectivity index (χ4n) is 3.49. The lowest BCUT2D eigenvalue weighted by Gasteiger charge is -2.32. The summed E-state index contributed by atoms with van der Waals surface area (Å²) in [5.74, 6) is 0.237. The van der Waals surface area contributed by atoms with Crippen LogP contribution in [-0.2, 0) is 22.4 Å². The molecule has 0 unspecified atom stereocenters. The van der Waals surface area contributed by atoms with E-state index in [1.54, 1.807) is 29.2 Å². The van der Waals surface area contributed by atoms with Crippen molar-refractivity contribution < 1.29 is 24.2 Å². The van der Waals surface area contributed by atoms with E-state index in [9.17, 15) is 14.7 Å². The molecule has 0 bridgehead atoms. The normalized spacial score (nSPS) is 14.2. The Bertz CT molecular complexity index is 963. The predicted octanol–water partition coefficient (Wildman–Crippen LogP) is 4.07. The maximum Gasteiger partial charge on any atom is 0.513 e. The second-order valence-electron chi connectivity index (χ2n) is 8.00. The molecule has 0 spiro atoms. The Hall–Kier alpha value is -2.77. The van der Waals surface area contributed by atoms with E-state index in [0.717, 1.165) is 18.4 Å². The average Bonchev–Trinajstić information content (AvgIpc) is 2.73. The number of hydrogen-bond donors (Lipinski definition) is 2. The van der Waals surface area contributed by atoms with Gasteiger partial charge in [-0.1, -0.05) is 43.6 Å². The van der Waals surface area contributed by atoms with Crippen LogP contribution in [0.1, 0.15) is 31.4 Å². The van der Waals surface area contributed by atoms with Crippen LogP contribution in [0.15, 0.2) is 36.4 Å². The molecule has 2 aromatic carbocycles. The molecule has 1 amide bonds. The third-order valence-electron chi connectivity index (χ3n) is 4.98. The molecule has 1 aliphatic rings. The largest absolute Gasteiger partial charge is 0.513 e. The van der Waals surface area contributed by atoms with Gasteiger partial charge in [0.25, 0.3) is 0 Å². The Morgan fingerprint density at radius 2 is 2.03 bits per heavy atom. The number of benzene rings is 2. The highest BCUT2D eigenvalue weighted by molar-refractivity contribution is 6.31. The van der Waals surface area contributed by atoms with Gasteiger partial charge in [-0.05, 0) is 54.5 Å². The van der Waals surface area contributed by atoms with Crippen LogP contribution < -0.4 is 15.4 Å². The molecular formula is C23H27ClN2O5. The van der Waals surface area contributed by atoms with Crippen molar-refractivity contribution in [3.05, 3.63) is 52.5 Å². The van der Waals surface area contributed by atoms with Gasteiger partial charge in [0, 0.05) is 11.6 Å². The number of phenols is 1. The summed E-state index contributed by atoms with van der Waals surface area (Å²) in [6.45, 7) is 4.60. The van der Waals surface area contributed by atoms with Crippen molar-refractivity contribution in [1.29, 1.82) is 0 Å². The van der Waals surface area contributed by atoms with Crippen molar-refractivity contribution in [2.24, 2.45) is 11.7 Å². The third kappa shape index (κ3) is 5.68. The minimum atomic E-state index is -0.842. The number of aryl methyl sites for hydroxylation is 1. The van der Waals surface area contributed by atoms with E-state index in [0.29, 0.717) is 22.8 Å². The summed E-state index contributed by atoms with van der Waals surface area (Å²) in [5.41, 5.74) is 8.32. The molecule has 3 N–H and O–H groups in total. The number of anilines is 1. The number of carbonyl (C=O) groups is 2. The van der Waals surface area contributed by atoms with Gasteiger partial charge in [0.2, 0.25) is 5.91 Å². The Balaban J connectivity index is 1.66. The smallest absolute Gasteiger partial charge is 0.506 e. The number of rotatable bonds is 6. The zero-order valence-electron chi connectivity index (χ0n) is 17.6. The van der Waals surface area contributed by atoms with Crippen molar-refractivity contribution in [2.75, 3.05) is 18.1 Å². The predicted molar refractivity (Wildman–Crippen MR) is 119 cm³/mol. The Morgan fingerprint density at radius 3 is 2.74 bits per heavy atom. The van der Waals surface area contributed by atoms with Gasteiger partial charge >= 0.3 is 6.16 Å². The fraction of sp³-hybridized carbons (Fsp3) is 0.391. The zero-order valence-corrected chi connectivity index (χ0v) is 18.4. The number of hydrogen-bond acceptors (Lipinski definition) is 6. The molecule has 3 rings (SSSR count). The van der Waals surface area contributed by atoms with Crippen LogP contribution in [0.2, 0.25) is 5.02 Å². The first kappa shape index (κ1) is 22.9. The lowest BCUT2D eigenvalue weighted by atomic mass is 9.98. The van der Waals surface area contributed by atoms with Gasteiger partial charge in [0.05, 0.1) is 18.3 Å². The number of fused-ring (bicyclic) bond motifs is 1. The molecule has 0 radical (unpaired) electrons. The second kappa shape index (κ2) is 10.0. The molecular weight excluding hydrogens is 420 g/mol. The molecule has 0 aromatic heterocycles. The quantitative estimate of drug-likeness (QED) is 0.512. The lowest BCUT2D eigenvalue weighted by Crippen LogP contribution is -2.47. The highest BCUT2D eigenvalue weighted by Gasteiger charge is 2.29. The minimum Gasteiger partial charge on any atom is -0.506 e. The van der Waals surface area contributed by atoms with E-state index in [-0.39, 0.29) is 36.4 Å². The van der Waals surface area contributed by atoms with E-state index < -0.39 is 12.2 Å². The standard InChI is InChI=1S/C23H27ClN2O5/c1-14(2)13-30-23(29)31-17-9-8-16(18(24)12-17)11-19(25)22(28)26-10-4-6-15-5-3-7-20(27)21(15)26/h3,5,7-9,12,14,19,27H,4,6,10-11,13,25H2,1-2H3/t19-/m0/s1. The number of amides is 1. The molecule has 2 aromatic rings. The molecule has 1 atom stereocenters. The molecule has 1 heterocycles. The van der Waals surface area contributed by atoms with Crippen molar-refractivity contribution in [1.82, 2.24) is 0 Å². The van der Waals surface area contributed by atoms with E-state index in [1.165, 1.54) is 6.07 Å². The highest BCUT2D eigenvalue weighted by atomic mass is 35.5. The van der Waals surface area contributed by atoms with Crippen LogP contribution in [0.25, 0.3) is 0 Å². The summed E-state index contributed by atoms with van der Waals surface area (Å²) in [6.07, 6.45) is 1.01. The van der Waals surface area contributed by atoms with Crippen LogP contribution in [-0.4, -0.2) is 36.4 Å². The van der Waals surface area contributed by atoms with Crippen molar-refractivity contribution in [3.63, 3.8) is 0 Å². The molecule has 0 saturated heterocycles. The van der Waals surface area contributed by atoms with Gasteiger partial charge in [0.1, 0.15) is 11.5 Å². The Kier molecular flexibility index (Phi) is 7.41. The summed E-state index contributed by atoms with van der Waals surface area (Å²) < 4.78 is 10.1. The van der Waals surface area contributed by atoms with Crippen molar-refractivity contribution in [3.8, 4) is 11.5 Å². The van der Waals surface area contributed by atoms with Gasteiger partial charge in [-0.25, -0.2) is 4.79 Å². The van der Waals surface area contributed by atoms with E-state index in [4.69, 9.17) is 26.8 Å². The van der Waals surface area contributed by atoms with E-state index >= 15 is 0 Å². The molecule has 0 saturated carbocycles. The molecule has 31 heavy (non-hydrogen) atoms. The molecule has 166 valence electrons. The monoisotopic (exact) mass is 446 g/mol. The third-order valence-corrected chi connectivity index (χ3v) is 5.33. The zero-order chi connectivity index (χ0) is 22.5. The van der Waals surface area contributed by atoms with Crippen LogP contribution in [0.3, 0.4) is 0 Å². The molecule has 1 aliphatic heterocycles. The van der Waals surface area contributed by atoms with Crippen molar-refractivity contribution >= 4 is 29.4 Å². The number of nitrogens with zero attached hydrogens (tertiary/aromatic N) is 1. The summed E-state index contributed by atoms with van der Waals surface area (Å²) in [5, 5.41) is 10.6. The lowest BCUT2D eigenvalue weighted by molar-refractivity contribution is -0.119. The molecule has 0 fully saturated rings. The Labute approximate surface area is 186 Å². The second-order valence-corrected chi connectivity index (χ2v) is 8.41. The van der Waals surface area contributed by atoms with E-state index in [1.807, 2.05) is 19.9 Å². The van der Waals surface area contributed by atoms with Gasteiger partial charge in [-0.15, -0.1) is 0 Å². The maximum absolute atomic E-state index is 13.0. The van der Waals surface area contributed by atoms with Crippen LogP contribution in [0, 0.1) is 5.92 Å². The number of aromatic hydroxyl groups is 1. The van der Waals surface area contributed by atoms with Gasteiger partial charge < -0.3 is 25.2 Å².